The van der Waals surface area contributed by atoms with Gasteiger partial charge in [-0.2, -0.15) is 0 Å². The number of rotatable bonds is 5. The summed E-state index contributed by atoms with van der Waals surface area (Å²) in [5.41, 5.74) is 15.2. The normalized spacial score (nSPS) is 20.0. The molecule has 2 unspecified atom stereocenters. The van der Waals surface area contributed by atoms with Gasteiger partial charge in [0.15, 0.2) is 5.16 Å². The number of H-pyrrole nitrogens is 1. The third-order valence-corrected chi connectivity index (χ3v) is 8.40. The fourth-order valence-electron chi connectivity index (χ4n) is 5.11. The van der Waals surface area contributed by atoms with Crippen LogP contribution < -0.4 is 16.4 Å². The first-order chi connectivity index (χ1) is 17.9. The SMILES string of the molecule is CCc1[nH]c2nc(Sc3ccc4cc(C(=O)N5CCC(N)C5)cnc4c3)nc(N3CCC(N)C3)c2c1Cl. The lowest BCUT2D eigenvalue weighted by atomic mass is 10.1. The zero-order valence-corrected chi connectivity index (χ0v) is 22.1. The van der Waals surface area contributed by atoms with Crippen molar-refractivity contribution in [3.63, 3.8) is 0 Å². The maximum atomic E-state index is 12.8. The van der Waals surface area contributed by atoms with E-state index in [2.05, 4.69) is 21.8 Å². The maximum absolute atomic E-state index is 12.8. The van der Waals surface area contributed by atoms with E-state index in [1.165, 1.54) is 11.8 Å². The molecule has 2 saturated heterocycles. The summed E-state index contributed by atoms with van der Waals surface area (Å²) in [6.07, 6.45) is 4.18. The number of amides is 1. The number of hydrogen-bond acceptors (Lipinski definition) is 8. The Morgan fingerprint density at radius 1 is 1.16 bits per heavy atom. The number of aryl methyl sites for hydroxylation is 1. The minimum absolute atomic E-state index is 0.0206. The summed E-state index contributed by atoms with van der Waals surface area (Å²) in [6.45, 7) is 4.92. The number of hydrogen-bond donors (Lipinski definition) is 3. The highest BCUT2D eigenvalue weighted by Crippen LogP contribution is 2.38. The molecule has 37 heavy (non-hydrogen) atoms. The van der Waals surface area contributed by atoms with E-state index < -0.39 is 0 Å². The third kappa shape index (κ3) is 4.63. The van der Waals surface area contributed by atoms with Crippen molar-refractivity contribution in [2.45, 2.75) is 48.3 Å². The number of aromatic amines is 1. The van der Waals surface area contributed by atoms with Crippen molar-refractivity contribution in [1.82, 2.24) is 24.8 Å². The van der Waals surface area contributed by atoms with Crippen molar-refractivity contribution < 1.29 is 4.79 Å². The average Bonchev–Trinajstić information content (AvgIpc) is 3.61. The Morgan fingerprint density at radius 2 is 1.97 bits per heavy atom. The van der Waals surface area contributed by atoms with Gasteiger partial charge in [0.25, 0.3) is 5.91 Å². The second kappa shape index (κ2) is 9.75. The number of benzene rings is 1. The van der Waals surface area contributed by atoms with E-state index in [9.17, 15) is 4.79 Å². The summed E-state index contributed by atoms with van der Waals surface area (Å²) >= 11 is 8.19. The van der Waals surface area contributed by atoms with Crippen LogP contribution in [0.2, 0.25) is 5.02 Å². The van der Waals surface area contributed by atoms with Gasteiger partial charge in [-0.25, -0.2) is 9.97 Å². The van der Waals surface area contributed by atoms with Crippen LogP contribution in [0, 0.1) is 0 Å². The van der Waals surface area contributed by atoms with Gasteiger partial charge in [0.05, 0.1) is 21.5 Å². The Hall–Kier alpha value is -2.92. The number of carbonyl (C=O) groups is 1. The molecule has 5 N–H and O–H groups in total. The largest absolute Gasteiger partial charge is 0.354 e. The standard InChI is InChI=1S/C26H29ClN8OS/c1-2-19-22(27)21-23(31-19)32-26(33-24(21)34-7-5-16(28)12-34)37-18-4-3-14-9-15(11-30-20(14)10-18)25(36)35-8-6-17(29)13-35/h3-4,9-11,16-17H,2,5-8,12-13,28-29H2,1H3,(H,31,32,33). The van der Waals surface area contributed by atoms with Gasteiger partial charge in [-0.3, -0.25) is 9.78 Å². The van der Waals surface area contributed by atoms with Crippen LogP contribution in [0.15, 0.2) is 40.5 Å². The predicted octanol–water partition coefficient (Wildman–Crippen LogP) is 3.58. The lowest BCUT2D eigenvalue weighted by Crippen LogP contribution is -2.31. The highest BCUT2D eigenvalue weighted by atomic mass is 35.5. The number of likely N-dealkylation sites (tertiary alicyclic amines) is 1. The molecule has 0 bridgehead atoms. The van der Waals surface area contributed by atoms with Gasteiger partial charge in [0, 0.05) is 60.4 Å². The molecule has 0 aliphatic carbocycles. The Kier molecular flexibility index (Phi) is 6.44. The van der Waals surface area contributed by atoms with E-state index in [4.69, 9.17) is 33.0 Å². The number of carbonyl (C=O) groups excluding carboxylic acids is 1. The zero-order chi connectivity index (χ0) is 25.7. The molecule has 5 heterocycles. The molecule has 2 aliphatic heterocycles. The molecule has 4 aromatic rings. The Labute approximate surface area is 224 Å². The quantitative estimate of drug-likeness (QED) is 0.330. The van der Waals surface area contributed by atoms with Crippen LogP contribution in [-0.4, -0.2) is 69.0 Å². The number of fused-ring (bicyclic) bond motifs is 2. The second-order valence-electron chi connectivity index (χ2n) is 9.80. The Bertz CT molecular complexity index is 1510. The summed E-state index contributed by atoms with van der Waals surface area (Å²) in [7, 11) is 0. The molecule has 0 spiro atoms. The average molecular weight is 537 g/mol. The topological polar surface area (TPSA) is 130 Å². The van der Waals surface area contributed by atoms with Gasteiger partial charge < -0.3 is 26.3 Å². The van der Waals surface area contributed by atoms with Crippen LogP contribution in [0.25, 0.3) is 21.9 Å². The van der Waals surface area contributed by atoms with Gasteiger partial charge in [-0.15, -0.1) is 0 Å². The van der Waals surface area contributed by atoms with Crippen molar-refractivity contribution >= 4 is 57.0 Å². The number of anilines is 1. The highest BCUT2D eigenvalue weighted by molar-refractivity contribution is 7.99. The van der Waals surface area contributed by atoms with Crippen LogP contribution in [0.5, 0.6) is 0 Å². The monoisotopic (exact) mass is 536 g/mol. The van der Waals surface area contributed by atoms with Crippen LogP contribution >= 0.6 is 23.4 Å². The van der Waals surface area contributed by atoms with E-state index >= 15 is 0 Å². The first-order valence-corrected chi connectivity index (χ1v) is 13.8. The lowest BCUT2D eigenvalue weighted by Gasteiger charge is -2.18. The minimum Gasteiger partial charge on any atom is -0.354 e. The second-order valence-corrected chi connectivity index (χ2v) is 11.2. The molecule has 2 atom stereocenters. The van der Waals surface area contributed by atoms with Gasteiger partial charge in [0.2, 0.25) is 0 Å². The van der Waals surface area contributed by atoms with Gasteiger partial charge in [-0.05, 0) is 49.2 Å². The first-order valence-electron chi connectivity index (χ1n) is 12.6. The van der Waals surface area contributed by atoms with E-state index in [1.807, 2.05) is 24.3 Å². The lowest BCUT2D eigenvalue weighted by molar-refractivity contribution is 0.0790. The molecule has 1 amide bonds. The van der Waals surface area contributed by atoms with E-state index in [0.29, 0.717) is 28.8 Å². The number of nitrogens with one attached hydrogen (secondary N) is 1. The molecule has 11 heteroatoms. The molecule has 6 rings (SSSR count). The van der Waals surface area contributed by atoms with Gasteiger partial charge >= 0.3 is 0 Å². The molecular weight excluding hydrogens is 508 g/mol. The van der Waals surface area contributed by atoms with Crippen molar-refractivity contribution in [2.24, 2.45) is 11.5 Å². The molecular formula is C26H29ClN8OS. The van der Waals surface area contributed by atoms with Crippen molar-refractivity contribution in [3.05, 3.63) is 46.7 Å². The molecule has 3 aromatic heterocycles. The van der Waals surface area contributed by atoms with E-state index in [1.54, 1.807) is 11.1 Å². The molecule has 2 aliphatic rings. The van der Waals surface area contributed by atoms with Crippen LogP contribution in [-0.2, 0) is 6.42 Å². The summed E-state index contributed by atoms with van der Waals surface area (Å²) in [4.78, 5) is 35.5. The fourth-order valence-corrected chi connectivity index (χ4v) is 6.25. The number of halogens is 1. The molecule has 1 aromatic carbocycles. The summed E-state index contributed by atoms with van der Waals surface area (Å²) in [5, 5.41) is 3.07. The smallest absolute Gasteiger partial charge is 0.255 e. The zero-order valence-electron chi connectivity index (χ0n) is 20.6. The van der Waals surface area contributed by atoms with Crippen LogP contribution in [0.1, 0.15) is 35.8 Å². The van der Waals surface area contributed by atoms with Crippen LogP contribution in [0.3, 0.4) is 0 Å². The third-order valence-electron chi connectivity index (χ3n) is 7.12. The summed E-state index contributed by atoms with van der Waals surface area (Å²) in [6, 6.07) is 8.06. The Morgan fingerprint density at radius 3 is 2.70 bits per heavy atom. The van der Waals surface area contributed by atoms with Crippen molar-refractivity contribution in [1.29, 1.82) is 0 Å². The fraction of sp³-hybridized carbons (Fsp3) is 0.385. The van der Waals surface area contributed by atoms with Gasteiger partial charge in [0.1, 0.15) is 11.5 Å². The summed E-state index contributed by atoms with van der Waals surface area (Å²) < 4.78 is 0. The number of nitrogens with zero attached hydrogens (tertiary/aromatic N) is 5. The predicted molar refractivity (Wildman–Crippen MR) is 147 cm³/mol. The first kappa shape index (κ1) is 24.4. The summed E-state index contributed by atoms with van der Waals surface area (Å²) in [5.74, 6) is 0.804. The van der Waals surface area contributed by atoms with Gasteiger partial charge in [-0.1, -0.05) is 24.6 Å². The number of aromatic nitrogens is 4. The highest BCUT2D eigenvalue weighted by Gasteiger charge is 2.27. The number of nitrogens with two attached hydrogens (primary N) is 2. The molecule has 0 radical (unpaired) electrons. The Balaban J connectivity index is 1.31. The van der Waals surface area contributed by atoms with Crippen LogP contribution in [0.4, 0.5) is 5.82 Å². The van der Waals surface area contributed by atoms with Crippen molar-refractivity contribution in [2.75, 3.05) is 31.1 Å². The van der Waals surface area contributed by atoms with E-state index in [-0.39, 0.29) is 18.0 Å². The molecule has 9 nitrogen and oxygen atoms in total. The van der Waals surface area contributed by atoms with Crippen molar-refractivity contribution in [3.8, 4) is 0 Å². The molecule has 2 fully saturated rings. The van der Waals surface area contributed by atoms with E-state index in [0.717, 1.165) is 70.7 Å². The number of pyridine rings is 1. The minimum atomic E-state index is -0.0206. The maximum Gasteiger partial charge on any atom is 0.255 e. The molecule has 0 saturated carbocycles. The molecule has 192 valence electrons.